The van der Waals surface area contributed by atoms with Gasteiger partial charge in [-0.3, -0.25) is 4.79 Å². The molecule has 0 aliphatic carbocycles. The number of Topliss-reactive ketones (excluding diaryl/α,β-unsaturated/α-hetero) is 1. The number of carbonyl (C=O) groups excluding carboxylic acids is 1. The lowest BCUT2D eigenvalue weighted by molar-refractivity contribution is -0.0447. The molecular weight excluding hydrogens is 192 g/mol. The second kappa shape index (κ2) is 3.35. The van der Waals surface area contributed by atoms with Crippen LogP contribution in [0.25, 0.3) is 0 Å². The Balaban J connectivity index is 2.50. The minimum Gasteiger partial charge on any atom is -0.484 e. The highest BCUT2D eigenvalue weighted by atomic mass is 16.6. The fourth-order valence-corrected chi connectivity index (χ4v) is 1.94. The number of hydrogen-bond donors (Lipinski definition) is 0. The molecule has 0 fully saturated rings. The van der Waals surface area contributed by atoms with E-state index < -0.39 is 11.7 Å². The van der Waals surface area contributed by atoms with Crippen molar-refractivity contribution in [2.75, 3.05) is 7.11 Å². The smallest absolute Gasteiger partial charge is 0.199 e. The van der Waals surface area contributed by atoms with E-state index in [2.05, 4.69) is 0 Å². The monoisotopic (exact) mass is 206 g/mol. The number of benzene rings is 1. The molecule has 0 N–H and O–H groups in total. The van der Waals surface area contributed by atoms with Gasteiger partial charge in [-0.1, -0.05) is 12.1 Å². The number of carbonyl (C=O) groups is 1. The van der Waals surface area contributed by atoms with E-state index in [0.717, 1.165) is 0 Å². The highest BCUT2D eigenvalue weighted by Crippen LogP contribution is 2.34. The first-order chi connectivity index (χ1) is 7.06. The summed E-state index contributed by atoms with van der Waals surface area (Å²) in [5.74, 6) is 0.630. The van der Waals surface area contributed by atoms with Crippen LogP contribution in [0.2, 0.25) is 0 Å². The average Bonchev–Trinajstić information content (AvgIpc) is 2.17. The van der Waals surface area contributed by atoms with E-state index in [9.17, 15) is 4.79 Å². The van der Waals surface area contributed by atoms with Gasteiger partial charge in [0.2, 0.25) is 0 Å². The Bertz CT molecular complexity index is 396. The number of hydrogen-bond acceptors (Lipinski definition) is 3. The maximum Gasteiger partial charge on any atom is 0.199 e. The first-order valence-electron chi connectivity index (χ1n) is 4.91. The quantitative estimate of drug-likeness (QED) is 0.705. The van der Waals surface area contributed by atoms with E-state index in [4.69, 9.17) is 9.47 Å². The van der Waals surface area contributed by atoms with Crippen LogP contribution in [0.15, 0.2) is 24.3 Å². The van der Waals surface area contributed by atoms with Crippen LogP contribution in [0.1, 0.15) is 24.2 Å². The van der Waals surface area contributed by atoms with Crippen LogP contribution in [0.3, 0.4) is 0 Å². The second-order valence-corrected chi connectivity index (χ2v) is 4.18. The Labute approximate surface area is 89.0 Å². The van der Waals surface area contributed by atoms with Crippen molar-refractivity contribution in [3.05, 3.63) is 29.8 Å². The van der Waals surface area contributed by atoms with Crippen molar-refractivity contribution in [1.29, 1.82) is 0 Å². The van der Waals surface area contributed by atoms with Crippen LogP contribution in [-0.4, -0.2) is 24.6 Å². The Morgan fingerprint density at radius 3 is 2.67 bits per heavy atom. The number of para-hydroxylation sites is 1. The Morgan fingerprint density at radius 1 is 1.33 bits per heavy atom. The summed E-state index contributed by atoms with van der Waals surface area (Å²) in [5, 5.41) is 0. The lowest BCUT2D eigenvalue weighted by Gasteiger charge is -2.37. The summed E-state index contributed by atoms with van der Waals surface area (Å²) in [6, 6.07) is 7.25. The Kier molecular flexibility index (Phi) is 2.27. The van der Waals surface area contributed by atoms with Gasteiger partial charge in [-0.25, -0.2) is 0 Å². The third-order valence-corrected chi connectivity index (χ3v) is 2.63. The van der Waals surface area contributed by atoms with Crippen LogP contribution in [0.4, 0.5) is 0 Å². The molecule has 1 unspecified atom stereocenters. The molecule has 3 nitrogen and oxygen atoms in total. The predicted molar refractivity (Wildman–Crippen MR) is 56.3 cm³/mol. The molecule has 0 saturated carbocycles. The molecule has 0 radical (unpaired) electrons. The van der Waals surface area contributed by atoms with E-state index in [0.29, 0.717) is 11.3 Å². The maximum absolute atomic E-state index is 12.1. The molecule has 0 saturated heterocycles. The van der Waals surface area contributed by atoms with E-state index in [1.165, 1.54) is 7.11 Å². The van der Waals surface area contributed by atoms with Crippen molar-refractivity contribution < 1.29 is 14.3 Å². The van der Waals surface area contributed by atoms with Crippen molar-refractivity contribution in [3.63, 3.8) is 0 Å². The molecule has 3 heteroatoms. The molecule has 80 valence electrons. The highest BCUT2D eigenvalue weighted by molar-refractivity contribution is 6.03. The lowest BCUT2D eigenvalue weighted by atomic mass is 9.90. The molecule has 1 aromatic carbocycles. The zero-order valence-corrected chi connectivity index (χ0v) is 9.11. The largest absolute Gasteiger partial charge is 0.484 e. The lowest BCUT2D eigenvalue weighted by Crippen LogP contribution is -2.51. The number of rotatable bonds is 1. The molecule has 0 aromatic heterocycles. The molecule has 1 aromatic rings. The van der Waals surface area contributed by atoms with Crippen LogP contribution < -0.4 is 4.74 Å². The van der Waals surface area contributed by atoms with E-state index >= 15 is 0 Å². The SMILES string of the molecule is COC1C(=O)c2ccccc2OC1(C)C. The molecule has 0 amide bonds. The van der Waals surface area contributed by atoms with Gasteiger partial charge in [-0.15, -0.1) is 0 Å². The fourth-order valence-electron chi connectivity index (χ4n) is 1.94. The second-order valence-electron chi connectivity index (χ2n) is 4.18. The van der Waals surface area contributed by atoms with Crippen LogP contribution in [0.5, 0.6) is 5.75 Å². The van der Waals surface area contributed by atoms with Crippen molar-refractivity contribution in [2.45, 2.75) is 25.6 Å². The summed E-state index contributed by atoms with van der Waals surface area (Å²) in [6.07, 6.45) is -0.535. The molecule has 1 aliphatic rings. The van der Waals surface area contributed by atoms with E-state index in [-0.39, 0.29) is 5.78 Å². The van der Waals surface area contributed by atoms with Gasteiger partial charge in [0.15, 0.2) is 11.9 Å². The number of fused-ring (bicyclic) bond motifs is 1. The van der Waals surface area contributed by atoms with Crippen molar-refractivity contribution in [3.8, 4) is 5.75 Å². The van der Waals surface area contributed by atoms with Gasteiger partial charge < -0.3 is 9.47 Å². The van der Waals surface area contributed by atoms with E-state index in [1.807, 2.05) is 26.0 Å². The summed E-state index contributed by atoms with van der Waals surface area (Å²) in [5.41, 5.74) is -0.0103. The highest BCUT2D eigenvalue weighted by Gasteiger charge is 2.43. The van der Waals surface area contributed by atoms with Gasteiger partial charge in [0.1, 0.15) is 11.4 Å². The Morgan fingerprint density at radius 2 is 2.00 bits per heavy atom. The molecule has 2 rings (SSSR count). The molecular formula is C12H14O3. The summed E-state index contributed by atoms with van der Waals surface area (Å²) in [7, 11) is 1.53. The number of methoxy groups -OCH3 is 1. The van der Waals surface area contributed by atoms with Crippen molar-refractivity contribution in [1.82, 2.24) is 0 Å². The van der Waals surface area contributed by atoms with Crippen LogP contribution in [-0.2, 0) is 4.74 Å². The van der Waals surface area contributed by atoms with Gasteiger partial charge in [0.25, 0.3) is 0 Å². The topological polar surface area (TPSA) is 35.5 Å². The van der Waals surface area contributed by atoms with Gasteiger partial charge in [0, 0.05) is 7.11 Å². The van der Waals surface area contributed by atoms with Gasteiger partial charge in [0.05, 0.1) is 5.56 Å². The first kappa shape index (κ1) is 10.2. The standard InChI is InChI=1S/C12H14O3/c1-12(2)11(14-3)10(13)8-6-4-5-7-9(8)15-12/h4-7,11H,1-3H3. The summed E-state index contributed by atoms with van der Waals surface area (Å²) >= 11 is 0. The summed E-state index contributed by atoms with van der Waals surface area (Å²) < 4.78 is 10.9. The van der Waals surface area contributed by atoms with Crippen LogP contribution >= 0.6 is 0 Å². The average molecular weight is 206 g/mol. The first-order valence-corrected chi connectivity index (χ1v) is 4.91. The molecule has 1 heterocycles. The third kappa shape index (κ3) is 1.53. The number of ketones is 1. The molecule has 15 heavy (non-hydrogen) atoms. The van der Waals surface area contributed by atoms with Gasteiger partial charge in [-0.05, 0) is 26.0 Å². The molecule has 1 atom stereocenters. The minimum absolute atomic E-state index is 0.00986. The normalized spacial score (nSPS) is 23.1. The predicted octanol–water partition coefficient (Wildman–Crippen LogP) is 2.06. The fraction of sp³-hybridized carbons (Fsp3) is 0.417. The van der Waals surface area contributed by atoms with Gasteiger partial charge >= 0.3 is 0 Å². The zero-order chi connectivity index (χ0) is 11.1. The minimum atomic E-state index is -0.611. The molecule has 0 bridgehead atoms. The molecule has 0 spiro atoms. The maximum atomic E-state index is 12.1. The summed E-state index contributed by atoms with van der Waals surface area (Å²) in [4.78, 5) is 12.1. The molecule has 1 aliphatic heterocycles. The van der Waals surface area contributed by atoms with E-state index in [1.54, 1.807) is 12.1 Å². The zero-order valence-electron chi connectivity index (χ0n) is 9.11. The van der Waals surface area contributed by atoms with Crippen molar-refractivity contribution in [2.24, 2.45) is 0 Å². The van der Waals surface area contributed by atoms with Crippen molar-refractivity contribution >= 4 is 5.78 Å². The van der Waals surface area contributed by atoms with Crippen LogP contribution in [0, 0.1) is 0 Å². The third-order valence-electron chi connectivity index (χ3n) is 2.63. The summed E-state index contributed by atoms with van der Waals surface area (Å²) in [6.45, 7) is 3.71. The Hall–Kier alpha value is -1.35. The van der Waals surface area contributed by atoms with Gasteiger partial charge in [-0.2, -0.15) is 0 Å². The number of ether oxygens (including phenoxy) is 2.